The first kappa shape index (κ1) is 8.52. The summed E-state index contributed by atoms with van der Waals surface area (Å²) in [4.78, 5) is 0. The molecule has 0 amide bonds. The summed E-state index contributed by atoms with van der Waals surface area (Å²) in [5, 5.41) is 8.92. The van der Waals surface area contributed by atoms with Gasteiger partial charge in [0.05, 0.1) is 11.6 Å². The summed E-state index contributed by atoms with van der Waals surface area (Å²) in [5.41, 5.74) is 2.69. The van der Waals surface area contributed by atoms with Crippen LogP contribution in [0.4, 0.5) is 0 Å². The second-order valence-electron chi connectivity index (χ2n) is 2.95. The molecule has 2 aromatic rings. The summed E-state index contributed by atoms with van der Waals surface area (Å²) in [6.07, 6.45) is 0. The molecule has 0 saturated carbocycles. The van der Waals surface area contributed by atoms with Crippen LogP contribution in [0.2, 0.25) is 0 Å². The van der Waals surface area contributed by atoms with Gasteiger partial charge in [0, 0.05) is 5.56 Å². The van der Waals surface area contributed by atoms with Crippen molar-refractivity contribution >= 4 is 0 Å². The van der Waals surface area contributed by atoms with Crippen molar-refractivity contribution in [1.29, 1.82) is 5.26 Å². The van der Waals surface area contributed by atoms with E-state index in [1.54, 1.807) is 12.1 Å². The molecule has 1 heteroatoms. The standard InChI is InChI=1S/C13H8N/c14-10-12-8-4-5-9-13(12)11-6-2-1-3-7-11/h1-4,6-9H. The Morgan fingerprint density at radius 2 is 1.86 bits per heavy atom. The smallest absolute Gasteiger partial charge is 0.0998 e. The summed E-state index contributed by atoms with van der Waals surface area (Å²) >= 11 is 0. The number of rotatable bonds is 1. The molecule has 0 atom stereocenters. The first-order valence-corrected chi connectivity index (χ1v) is 4.37. The van der Waals surface area contributed by atoms with Crippen molar-refractivity contribution in [2.24, 2.45) is 0 Å². The summed E-state index contributed by atoms with van der Waals surface area (Å²) in [6.45, 7) is 0. The van der Waals surface area contributed by atoms with E-state index in [4.69, 9.17) is 5.26 Å². The minimum atomic E-state index is 0.690. The van der Waals surface area contributed by atoms with Crippen LogP contribution < -0.4 is 0 Å². The fraction of sp³-hybridized carbons (Fsp3) is 0. The first-order valence-electron chi connectivity index (χ1n) is 4.37. The quantitative estimate of drug-likeness (QED) is 0.658. The summed E-state index contributed by atoms with van der Waals surface area (Å²) < 4.78 is 0. The van der Waals surface area contributed by atoms with Crippen LogP contribution in [0.3, 0.4) is 0 Å². The molecule has 0 aliphatic rings. The van der Waals surface area contributed by atoms with E-state index in [0.717, 1.165) is 11.1 Å². The molecule has 2 aromatic carbocycles. The van der Waals surface area contributed by atoms with E-state index >= 15 is 0 Å². The lowest BCUT2D eigenvalue weighted by atomic mass is 10.0. The van der Waals surface area contributed by atoms with E-state index in [-0.39, 0.29) is 0 Å². The zero-order chi connectivity index (χ0) is 9.80. The fourth-order valence-electron chi connectivity index (χ4n) is 1.38. The lowest BCUT2D eigenvalue weighted by Crippen LogP contribution is -1.82. The normalized spacial score (nSPS) is 9.36. The Morgan fingerprint density at radius 1 is 1.07 bits per heavy atom. The number of benzene rings is 2. The largest absolute Gasteiger partial charge is 0.192 e. The Labute approximate surface area is 83.2 Å². The highest BCUT2D eigenvalue weighted by Gasteiger charge is 2.01. The van der Waals surface area contributed by atoms with Crippen LogP contribution in [-0.4, -0.2) is 0 Å². The van der Waals surface area contributed by atoms with Crippen molar-refractivity contribution in [2.45, 2.75) is 0 Å². The Bertz CT molecular complexity index is 466. The van der Waals surface area contributed by atoms with E-state index in [9.17, 15) is 0 Å². The lowest BCUT2D eigenvalue weighted by Gasteiger charge is -2.02. The molecule has 14 heavy (non-hydrogen) atoms. The molecule has 1 radical (unpaired) electrons. The maximum absolute atomic E-state index is 8.92. The molecule has 0 fully saturated rings. The molecular formula is C13H8N. The minimum Gasteiger partial charge on any atom is -0.192 e. The van der Waals surface area contributed by atoms with Crippen LogP contribution in [0, 0.1) is 17.4 Å². The highest BCUT2D eigenvalue weighted by Crippen LogP contribution is 2.21. The molecular weight excluding hydrogens is 170 g/mol. The average Bonchev–Trinajstić information content (AvgIpc) is 2.30. The zero-order valence-corrected chi connectivity index (χ0v) is 7.57. The molecule has 1 nitrogen and oxygen atoms in total. The second-order valence-corrected chi connectivity index (χ2v) is 2.95. The number of hydrogen-bond acceptors (Lipinski definition) is 1. The van der Waals surface area contributed by atoms with Gasteiger partial charge in [-0.3, -0.25) is 0 Å². The number of nitrogens with zero attached hydrogens (tertiary/aromatic N) is 1. The molecule has 0 aromatic heterocycles. The summed E-state index contributed by atoms with van der Waals surface area (Å²) in [7, 11) is 0. The van der Waals surface area contributed by atoms with Crippen molar-refractivity contribution in [3.8, 4) is 17.2 Å². The van der Waals surface area contributed by atoms with Crippen molar-refractivity contribution in [1.82, 2.24) is 0 Å². The highest BCUT2D eigenvalue weighted by atomic mass is 14.2. The van der Waals surface area contributed by atoms with Crippen molar-refractivity contribution < 1.29 is 0 Å². The van der Waals surface area contributed by atoms with Crippen molar-refractivity contribution in [3.05, 3.63) is 60.2 Å². The van der Waals surface area contributed by atoms with E-state index in [0.29, 0.717) is 5.56 Å². The molecule has 2 rings (SSSR count). The summed E-state index contributed by atoms with van der Waals surface area (Å²) in [5.74, 6) is 0. The third-order valence-electron chi connectivity index (χ3n) is 2.07. The summed E-state index contributed by atoms with van der Waals surface area (Å²) in [6, 6.07) is 20.4. The fourth-order valence-corrected chi connectivity index (χ4v) is 1.38. The van der Waals surface area contributed by atoms with E-state index in [1.807, 2.05) is 36.4 Å². The van der Waals surface area contributed by atoms with Crippen LogP contribution in [0.25, 0.3) is 11.1 Å². The Morgan fingerprint density at radius 3 is 2.57 bits per heavy atom. The van der Waals surface area contributed by atoms with Gasteiger partial charge in [-0.25, -0.2) is 0 Å². The highest BCUT2D eigenvalue weighted by molar-refractivity contribution is 5.69. The van der Waals surface area contributed by atoms with E-state index < -0.39 is 0 Å². The molecule has 65 valence electrons. The predicted molar refractivity (Wildman–Crippen MR) is 55.4 cm³/mol. The molecule has 0 N–H and O–H groups in total. The maximum atomic E-state index is 8.92. The monoisotopic (exact) mass is 178 g/mol. The number of nitriles is 1. The minimum absolute atomic E-state index is 0.690. The third kappa shape index (κ3) is 1.51. The number of hydrogen-bond donors (Lipinski definition) is 0. The van der Waals surface area contributed by atoms with Gasteiger partial charge in [0.1, 0.15) is 0 Å². The van der Waals surface area contributed by atoms with Crippen LogP contribution in [0.1, 0.15) is 5.56 Å². The SMILES string of the molecule is N#Cc1cc[c]cc1-c1ccccc1. The third-order valence-corrected chi connectivity index (χ3v) is 2.07. The second kappa shape index (κ2) is 3.76. The molecule has 0 saturated heterocycles. The topological polar surface area (TPSA) is 23.8 Å². The van der Waals surface area contributed by atoms with E-state index in [2.05, 4.69) is 12.1 Å². The zero-order valence-electron chi connectivity index (χ0n) is 7.57. The van der Waals surface area contributed by atoms with Gasteiger partial charge in [-0.2, -0.15) is 5.26 Å². The van der Waals surface area contributed by atoms with Gasteiger partial charge in [0.15, 0.2) is 0 Å². The van der Waals surface area contributed by atoms with Crippen LogP contribution in [0.15, 0.2) is 48.5 Å². The molecule has 0 aliphatic heterocycles. The Balaban J connectivity index is 2.58. The average molecular weight is 178 g/mol. The maximum Gasteiger partial charge on any atom is 0.0998 e. The Hall–Kier alpha value is -2.07. The van der Waals surface area contributed by atoms with E-state index in [1.165, 1.54) is 0 Å². The van der Waals surface area contributed by atoms with Gasteiger partial charge in [-0.1, -0.05) is 36.4 Å². The molecule has 0 bridgehead atoms. The molecule has 0 spiro atoms. The lowest BCUT2D eigenvalue weighted by molar-refractivity contribution is 1.48. The Kier molecular flexibility index (Phi) is 2.29. The van der Waals surface area contributed by atoms with Crippen LogP contribution in [-0.2, 0) is 0 Å². The van der Waals surface area contributed by atoms with Crippen molar-refractivity contribution in [2.75, 3.05) is 0 Å². The van der Waals surface area contributed by atoms with Gasteiger partial charge < -0.3 is 0 Å². The van der Waals surface area contributed by atoms with Gasteiger partial charge >= 0.3 is 0 Å². The van der Waals surface area contributed by atoms with Crippen molar-refractivity contribution in [3.63, 3.8) is 0 Å². The predicted octanol–water partition coefficient (Wildman–Crippen LogP) is 3.03. The van der Waals surface area contributed by atoms with Gasteiger partial charge in [0.2, 0.25) is 0 Å². The van der Waals surface area contributed by atoms with Gasteiger partial charge in [0.25, 0.3) is 0 Å². The molecule has 0 aliphatic carbocycles. The molecule has 0 unspecified atom stereocenters. The van der Waals surface area contributed by atoms with Crippen LogP contribution >= 0.6 is 0 Å². The van der Waals surface area contributed by atoms with Crippen LogP contribution in [0.5, 0.6) is 0 Å². The van der Waals surface area contributed by atoms with Gasteiger partial charge in [-0.15, -0.1) is 0 Å². The molecule has 0 heterocycles. The first-order chi connectivity index (χ1) is 6.92. The van der Waals surface area contributed by atoms with Gasteiger partial charge in [-0.05, 0) is 23.8 Å².